The third-order valence-electron chi connectivity index (χ3n) is 5.50. The van der Waals surface area contributed by atoms with E-state index in [-0.39, 0.29) is 23.7 Å². The number of furan rings is 1. The molecule has 0 bridgehead atoms. The molecule has 0 aliphatic carbocycles. The average molecular weight is 384 g/mol. The number of methoxy groups -OCH3 is 1. The van der Waals surface area contributed by atoms with E-state index in [9.17, 15) is 9.59 Å². The van der Waals surface area contributed by atoms with Gasteiger partial charge in [0.05, 0.1) is 32.5 Å². The molecule has 148 valence electrons. The maximum atomic E-state index is 13.3. The van der Waals surface area contributed by atoms with Crippen LogP contribution in [0.25, 0.3) is 0 Å². The summed E-state index contributed by atoms with van der Waals surface area (Å²) in [6.45, 7) is 3.12. The zero-order valence-corrected chi connectivity index (χ0v) is 15.9. The van der Waals surface area contributed by atoms with Crippen LogP contribution in [0.5, 0.6) is 5.75 Å². The van der Waals surface area contributed by atoms with Crippen LogP contribution in [0.15, 0.2) is 47.1 Å². The summed E-state index contributed by atoms with van der Waals surface area (Å²) in [5.74, 6) is 0.532. The second kappa shape index (κ2) is 8.06. The van der Waals surface area contributed by atoms with E-state index < -0.39 is 0 Å². The molecule has 2 aliphatic heterocycles. The molecule has 0 N–H and O–H groups in total. The molecule has 2 amide bonds. The molecule has 7 nitrogen and oxygen atoms in total. The number of carbonyl (C=O) groups is 2. The molecule has 0 radical (unpaired) electrons. The second-order valence-electron chi connectivity index (χ2n) is 7.11. The molecule has 1 aromatic heterocycles. The van der Waals surface area contributed by atoms with Gasteiger partial charge < -0.3 is 23.7 Å². The first-order chi connectivity index (χ1) is 13.7. The molecule has 2 saturated heterocycles. The number of morpholine rings is 1. The van der Waals surface area contributed by atoms with E-state index in [4.69, 9.17) is 13.9 Å². The number of benzene rings is 1. The van der Waals surface area contributed by atoms with Gasteiger partial charge in [-0.2, -0.15) is 0 Å². The number of carbonyl (C=O) groups excluding carboxylic acids is 2. The van der Waals surface area contributed by atoms with Gasteiger partial charge in [0.2, 0.25) is 5.91 Å². The van der Waals surface area contributed by atoms with E-state index in [1.807, 2.05) is 29.2 Å². The van der Waals surface area contributed by atoms with Crippen molar-refractivity contribution in [1.82, 2.24) is 9.80 Å². The summed E-state index contributed by atoms with van der Waals surface area (Å²) in [6.07, 6.45) is 1.49. The molecular formula is C21H24N2O5. The van der Waals surface area contributed by atoms with Gasteiger partial charge in [-0.25, -0.2) is 0 Å². The Balaban J connectivity index is 1.61. The van der Waals surface area contributed by atoms with Crippen molar-refractivity contribution < 1.29 is 23.5 Å². The number of hydrogen-bond acceptors (Lipinski definition) is 5. The van der Waals surface area contributed by atoms with Gasteiger partial charge in [0.25, 0.3) is 5.91 Å². The average Bonchev–Trinajstić information content (AvgIpc) is 3.44. The Morgan fingerprint density at radius 3 is 2.61 bits per heavy atom. The van der Waals surface area contributed by atoms with Gasteiger partial charge in [0.1, 0.15) is 5.75 Å². The van der Waals surface area contributed by atoms with Crippen LogP contribution in [0.4, 0.5) is 0 Å². The van der Waals surface area contributed by atoms with Crippen LogP contribution in [0.1, 0.15) is 22.0 Å². The van der Waals surface area contributed by atoms with Gasteiger partial charge in [-0.1, -0.05) is 12.1 Å². The molecule has 28 heavy (non-hydrogen) atoms. The maximum Gasteiger partial charge on any atom is 0.289 e. The third-order valence-corrected chi connectivity index (χ3v) is 5.50. The van der Waals surface area contributed by atoms with Gasteiger partial charge in [-0.15, -0.1) is 0 Å². The number of hydrogen-bond donors (Lipinski definition) is 0. The highest BCUT2D eigenvalue weighted by atomic mass is 16.5. The van der Waals surface area contributed by atoms with Crippen LogP contribution in [0, 0.1) is 5.92 Å². The minimum Gasteiger partial charge on any atom is -0.497 e. The topological polar surface area (TPSA) is 72.2 Å². The number of amides is 2. The molecule has 2 fully saturated rings. The van der Waals surface area contributed by atoms with Crippen molar-refractivity contribution >= 4 is 11.8 Å². The van der Waals surface area contributed by atoms with E-state index in [1.165, 1.54) is 6.26 Å². The molecule has 2 aromatic rings. The van der Waals surface area contributed by atoms with Crippen LogP contribution >= 0.6 is 0 Å². The number of ether oxygens (including phenoxy) is 2. The summed E-state index contributed by atoms with van der Waals surface area (Å²) in [5, 5.41) is 0. The molecule has 2 unspecified atom stereocenters. The van der Waals surface area contributed by atoms with Gasteiger partial charge in [0.15, 0.2) is 5.76 Å². The molecule has 2 atom stereocenters. The molecule has 1 aromatic carbocycles. The first-order valence-electron chi connectivity index (χ1n) is 9.50. The Bertz CT molecular complexity index is 829. The molecule has 4 rings (SSSR count). The number of likely N-dealkylation sites (tertiary alicyclic amines) is 1. The summed E-state index contributed by atoms with van der Waals surface area (Å²) < 4.78 is 16.0. The van der Waals surface area contributed by atoms with Crippen LogP contribution < -0.4 is 4.74 Å². The Labute approximate surface area is 163 Å². The van der Waals surface area contributed by atoms with Crippen molar-refractivity contribution in [2.45, 2.75) is 5.92 Å². The monoisotopic (exact) mass is 384 g/mol. The Kier molecular flexibility index (Phi) is 5.34. The van der Waals surface area contributed by atoms with E-state index in [1.54, 1.807) is 24.1 Å². The van der Waals surface area contributed by atoms with E-state index in [0.717, 1.165) is 11.3 Å². The second-order valence-corrected chi connectivity index (χ2v) is 7.11. The fourth-order valence-corrected chi connectivity index (χ4v) is 4.00. The summed E-state index contributed by atoms with van der Waals surface area (Å²) in [5.41, 5.74) is 1.00. The molecule has 0 saturated carbocycles. The van der Waals surface area contributed by atoms with Crippen molar-refractivity contribution in [3.05, 3.63) is 54.0 Å². The van der Waals surface area contributed by atoms with E-state index in [0.29, 0.717) is 45.2 Å². The fraction of sp³-hybridized carbons (Fsp3) is 0.429. The summed E-state index contributed by atoms with van der Waals surface area (Å²) in [7, 11) is 1.62. The smallest absolute Gasteiger partial charge is 0.289 e. The highest BCUT2D eigenvalue weighted by Crippen LogP contribution is 2.36. The van der Waals surface area contributed by atoms with Gasteiger partial charge >= 0.3 is 0 Å². The Hall–Kier alpha value is -2.80. The lowest BCUT2D eigenvalue weighted by Gasteiger charge is -2.30. The van der Waals surface area contributed by atoms with Crippen LogP contribution in [-0.2, 0) is 9.53 Å². The lowest BCUT2D eigenvalue weighted by Crippen LogP contribution is -2.45. The fourth-order valence-electron chi connectivity index (χ4n) is 4.00. The first kappa shape index (κ1) is 18.6. The van der Waals surface area contributed by atoms with Gasteiger partial charge in [-0.3, -0.25) is 9.59 Å². The normalized spacial score (nSPS) is 22.3. The minimum absolute atomic E-state index is 0.0749. The molecule has 2 aliphatic rings. The number of nitrogens with zero attached hydrogens (tertiary/aromatic N) is 2. The quantitative estimate of drug-likeness (QED) is 0.806. The molecule has 7 heteroatoms. The van der Waals surface area contributed by atoms with Gasteiger partial charge in [-0.05, 0) is 29.8 Å². The van der Waals surface area contributed by atoms with Crippen molar-refractivity contribution in [2.75, 3.05) is 46.5 Å². The minimum atomic E-state index is -0.302. The summed E-state index contributed by atoms with van der Waals surface area (Å²) in [6, 6.07) is 11.1. The summed E-state index contributed by atoms with van der Waals surface area (Å²) in [4.78, 5) is 29.6. The zero-order valence-electron chi connectivity index (χ0n) is 15.9. The van der Waals surface area contributed by atoms with Crippen LogP contribution in [0.2, 0.25) is 0 Å². The van der Waals surface area contributed by atoms with Crippen molar-refractivity contribution in [3.8, 4) is 5.75 Å². The Morgan fingerprint density at radius 2 is 1.89 bits per heavy atom. The third kappa shape index (κ3) is 3.62. The van der Waals surface area contributed by atoms with E-state index in [2.05, 4.69) is 0 Å². The standard InChI is InChI=1S/C21H24N2O5/c1-26-16-5-2-4-15(12-16)17-13-23(21(25)19-6-3-9-28-19)14-18(17)20(24)22-7-10-27-11-8-22/h2-6,9,12,17-18H,7-8,10-11,13-14H2,1H3. The van der Waals surface area contributed by atoms with Crippen molar-refractivity contribution in [2.24, 2.45) is 5.92 Å². The lowest BCUT2D eigenvalue weighted by molar-refractivity contribution is -0.139. The highest BCUT2D eigenvalue weighted by Gasteiger charge is 2.43. The van der Waals surface area contributed by atoms with E-state index >= 15 is 0 Å². The largest absolute Gasteiger partial charge is 0.497 e. The predicted molar refractivity (Wildman–Crippen MR) is 101 cm³/mol. The van der Waals surface area contributed by atoms with Crippen LogP contribution in [0.3, 0.4) is 0 Å². The molecule has 0 spiro atoms. The molecule has 3 heterocycles. The highest BCUT2D eigenvalue weighted by molar-refractivity contribution is 5.92. The predicted octanol–water partition coefficient (Wildman–Crippen LogP) is 2.00. The van der Waals surface area contributed by atoms with Crippen molar-refractivity contribution in [1.29, 1.82) is 0 Å². The maximum absolute atomic E-state index is 13.3. The first-order valence-corrected chi connectivity index (χ1v) is 9.50. The van der Waals surface area contributed by atoms with Gasteiger partial charge in [0, 0.05) is 32.1 Å². The Morgan fingerprint density at radius 1 is 1.07 bits per heavy atom. The zero-order chi connectivity index (χ0) is 19.5. The lowest BCUT2D eigenvalue weighted by atomic mass is 9.87. The molecular weight excluding hydrogens is 360 g/mol. The van der Waals surface area contributed by atoms with Crippen molar-refractivity contribution in [3.63, 3.8) is 0 Å². The number of rotatable bonds is 4. The SMILES string of the molecule is COc1cccc(C2CN(C(=O)c3ccco3)CC2C(=O)N2CCOCC2)c1. The summed E-state index contributed by atoms with van der Waals surface area (Å²) >= 11 is 0. The van der Waals surface area contributed by atoms with Crippen LogP contribution in [-0.4, -0.2) is 68.1 Å².